The maximum absolute atomic E-state index is 12.8. The number of aromatic nitrogens is 2. The Morgan fingerprint density at radius 2 is 2.14 bits per heavy atom. The van der Waals surface area contributed by atoms with E-state index >= 15 is 0 Å². The Morgan fingerprint density at radius 1 is 1.43 bits per heavy atom. The van der Waals surface area contributed by atoms with E-state index in [0.717, 1.165) is 25.8 Å². The first-order valence-corrected chi connectivity index (χ1v) is 8.88. The maximum atomic E-state index is 12.8. The Morgan fingerprint density at radius 3 is 2.76 bits per heavy atom. The molecular formula is C14H23N3O3S. The van der Waals surface area contributed by atoms with E-state index in [1.54, 1.807) is 13.1 Å². The van der Waals surface area contributed by atoms with Crippen LogP contribution in [0.4, 0.5) is 0 Å². The number of Topliss-reactive ketones (excluding diaryl/α,β-unsaturated/α-hetero) is 1. The fourth-order valence-corrected chi connectivity index (χ4v) is 4.50. The van der Waals surface area contributed by atoms with Gasteiger partial charge in [-0.1, -0.05) is 13.3 Å². The van der Waals surface area contributed by atoms with Crippen LogP contribution in [0.3, 0.4) is 0 Å². The summed E-state index contributed by atoms with van der Waals surface area (Å²) in [5.41, 5.74) is 0. The Hall–Kier alpha value is -1.21. The molecule has 6 nitrogen and oxygen atoms in total. The van der Waals surface area contributed by atoms with Gasteiger partial charge in [-0.25, -0.2) is 13.4 Å². The number of hydrogen-bond acceptors (Lipinski definition) is 4. The minimum atomic E-state index is -3.70. The molecule has 0 aliphatic carbocycles. The van der Waals surface area contributed by atoms with Gasteiger partial charge in [-0.3, -0.25) is 4.79 Å². The average molecular weight is 313 g/mol. The number of hydrogen-bond donors (Lipinski definition) is 0. The van der Waals surface area contributed by atoms with Gasteiger partial charge in [0, 0.05) is 19.3 Å². The molecule has 0 spiro atoms. The van der Waals surface area contributed by atoms with Crippen molar-refractivity contribution in [1.82, 2.24) is 13.9 Å². The van der Waals surface area contributed by atoms with Gasteiger partial charge in [0.05, 0.1) is 6.04 Å². The lowest BCUT2D eigenvalue weighted by Gasteiger charge is -2.32. The van der Waals surface area contributed by atoms with E-state index in [0.29, 0.717) is 18.8 Å². The molecule has 118 valence electrons. The van der Waals surface area contributed by atoms with Gasteiger partial charge < -0.3 is 4.57 Å². The van der Waals surface area contributed by atoms with Crippen LogP contribution >= 0.6 is 0 Å². The Labute approximate surface area is 126 Å². The second-order valence-corrected chi connectivity index (χ2v) is 7.40. The van der Waals surface area contributed by atoms with Crippen molar-refractivity contribution in [2.45, 2.75) is 64.1 Å². The van der Waals surface area contributed by atoms with E-state index in [1.165, 1.54) is 11.2 Å². The molecule has 1 unspecified atom stereocenters. The number of carbonyl (C=O) groups is 1. The van der Waals surface area contributed by atoms with Crippen LogP contribution in [-0.2, 0) is 21.4 Å². The predicted molar refractivity (Wildman–Crippen MR) is 79.5 cm³/mol. The molecule has 0 amide bonds. The monoisotopic (exact) mass is 313 g/mol. The fraction of sp³-hybridized carbons (Fsp3) is 0.714. The zero-order chi connectivity index (χ0) is 15.6. The van der Waals surface area contributed by atoms with Crippen molar-refractivity contribution in [3.63, 3.8) is 0 Å². The van der Waals surface area contributed by atoms with Gasteiger partial charge in [-0.15, -0.1) is 0 Å². The lowest BCUT2D eigenvalue weighted by atomic mass is 10.0. The molecule has 0 bridgehead atoms. The van der Waals surface area contributed by atoms with Gasteiger partial charge >= 0.3 is 0 Å². The van der Waals surface area contributed by atoms with Crippen LogP contribution in [0.15, 0.2) is 11.2 Å². The Balaban J connectivity index is 2.36. The number of piperidine rings is 1. The molecule has 7 heteroatoms. The van der Waals surface area contributed by atoms with E-state index in [4.69, 9.17) is 0 Å². The lowest BCUT2D eigenvalue weighted by molar-refractivity contribution is -0.121. The molecule has 1 aromatic rings. The zero-order valence-corrected chi connectivity index (χ0v) is 13.7. The third-order valence-electron chi connectivity index (χ3n) is 3.91. The normalized spacial score (nSPS) is 20.6. The van der Waals surface area contributed by atoms with Crippen LogP contribution in [0.1, 0.15) is 45.4 Å². The molecule has 1 atom stereocenters. The number of aryl methyl sites for hydroxylation is 2. The van der Waals surface area contributed by atoms with Gasteiger partial charge in [0.25, 0.3) is 10.0 Å². The second-order valence-electron chi connectivity index (χ2n) is 5.56. The molecule has 21 heavy (non-hydrogen) atoms. The summed E-state index contributed by atoms with van der Waals surface area (Å²) in [6, 6.07) is -0.541. The van der Waals surface area contributed by atoms with E-state index in [9.17, 15) is 13.2 Å². The average Bonchev–Trinajstić information content (AvgIpc) is 2.81. The minimum absolute atomic E-state index is 0.0570. The number of nitrogens with zero attached hydrogens (tertiary/aromatic N) is 3. The number of rotatable bonds is 5. The van der Waals surface area contributed by atoms with Crippen molar-refractivity contribution in [3.05, 3.63) is 12.0 Å². The summed E-state index contributed by atoms with van der Waals surface area (Å²) in [7, 11) is -3.70. The van der Waals surface area contributed by atoms with Crippen LogP contribution in [0.5, 0.6) is 0 Å². The first-order chi connectivity index (χ1) is 9.87. The highest BCUT2D eigenvalue weighted by Crippen LogP contribution is 2.25. The first kappa shape index (κ1) is 16.2. The van der Waals surface area contributed by atoms with Gasteiger partial charge in [0.1, 0.15) is 11.6 Å². The fourth-order valence-electron chi connectivity index (χ4n) is 2.79. The highest BCUT2D eigenvalue weighted by molar-refractivity contribution is 7.89. The van der Waals surface area contributed by atoms with Crippen LogP contribution in [0.2, 0.25) is 0 Å². The Kier molecular flexibility index (Phi) is 4.83. The minimum Gasteiger partial charge on any atom is -0.334 e. The number of imidazole rings is 1. The molecule has 2 heterocycles. The third kappa shape index (κ3) is 3.18. The van der Waals surface area contributed by atoms with Crippen LogP contribution in [-0.4, -0.2) is 40.6 Å². The predicted octanol–water partition coefficient (Wildman–Crippen LogP) is 1.73. The van der Waals surface area contributed by atoms with E-state index < -0.39 is 16.1 Å². The molecule has 1 aliphatic rings. The van der Waals surface area contributed by atoms with Crippen molar-refractivity contribution < 1.29 is 13.2 Å². The highest BCUT2D eigenvalue weighted by Gasteiger charge is 2.37. The summed E-state index contributed by atoms with van der Waals surface area (Å²) in [6.07, 6.45) is 4.77. The summed E-state index contributed by atoms with van der Waals surface area (Å²) >= 11 is 0. The molecule has 1 saturated heterocycles. The third-order valence-corrected chi connectivity index (χ3v) is 5.69. The van der Waals surface area contributed by atoms with Crippen molar-refractivity contribution in [2.75, 3.05) is 6.54 Å². The van der Waals surface area contributed by atoms with Gasteiger partial charge in [-0.2, -0.15) is 4.31 Å². The largest absolute Gasteiger partial charge is 0.334 e. The maximum Gasteiger partial charge on any atom is 0.262 e. The molecule has 2 rings (SSSR count). The molecule has 1 fully saturated rings. The number of sulfonamides is 1. The molecule has 0 aromatic carbocycles. The van der Waals surface area contributed by atoms with E-state index in [1.807, 2.05) is 11.5 Å². The van der Waals surface area contributed by atoms with E-state index in [-0.39, 0.29) is 10.8 Å². The topological polar surface area (TPSA) is 72.3 Å². The standard InChI is InChI=1S/C14H23N3O3S/c1-4-8-16-10-14(15-12(16)3)21(19,20)17-9-6-5-7-13(17)11(2)18/h10,13H,4-9H2,1-3H3. The zero-order valence-electron chi connectivity index (χ0n) is 12.9. The van der Waals surface area contributed by atoms with E-state index in [2.05, 4.69) is 4.98 Å². The van der Waals surface area contributed by atoms with Crippen molar-refractivity contribution in [3.8, 4) is 0 Å². The van der Waals surface area contributed by atoms with Crippen molar-refractivity contribution in [1.29, 1.82) is 0 Å². The summed E-state index contributed by atoms with van der Waals surface area (Å²) in [5, 5.41) is 0.0570. The first-order valence-electron chi connectivity index (χ1n) is 7.44. The molecule has 1 aromatic heterocycles. The van der Waals surface area contributed by atoms with Crippen molar-refractivity contribution in [2.24, 2.45) is 0 Å². The summed E-state index contributed by atoms with van der Waals surface area (Å²) < 4.78 is 28.7. The van der Waals surface area contributed by atoms with Gasteiger partial charge in [0.2, 0.25) is 0 Å². The quantitative estimate of drug-likeness (QED) is 0.830. The highest BCUT2D eigenvalue weighted by atomic mass is 32.2. The second kappa shape index (κ2) is 6.27. The summed E-state index contributed by atoms with van der Waals surface area (Å²) in [4.78, 5) is 15.9. The molecule has 1 aliphatic heterocycles. The van der Waals surface area contributed by atoms with Crippen LogP contribution in [0.25, 0.3) is 0 Å². The van der Waals surface area contributed by atoms with Crippen molar-refractivity contribution >= 4 is 15.8 Å². The summed E-state index contributed by atoms with van der Waals surface area (Å²) in [6.45, 7) is 6.42. The smallest absolute Gasteiger partial charge is 0.262 e. The van der Waals surface area contributed by atoms with Crippen LogP contribution in [0, 0.1) is 6.92 Å². The molecular weight excluding hydrogens is 290 g/mol. The SMILES string of the molecule is CCCn1cc(S(=O)(=O)N2CCCCC2C(C)=O)nc1C. The van der Waals surface area contributed by atoms with Gasteiger partial charge in [-0.05, 0) is 33.1 Å². The molecule has 0 saturated carbocycles. The summed E-state index contributed by atoms with van der Waals surface area (Å²) in [5.74, 6) is 0.592. The Bertz CT molecular complexity index is 621. The lowest BCUT2D eigenvalue weighted by Crippen LogP contribution is -2.47. The molecule has 0 radical (unpaired) electrons. The number of ketones is 1. The van der Waals surface area contributed by atoms with Gasteiger partial charge in [0.15, 0.2) is 5.03 Å². The molecule has 0 N–H and O–H groups in total. The van der Waals surface area contributed by atoms with Crippen LogP contribution < -0.4 is 0 Å². The number of carbonyl (C=O) groups excluding carboxylic acids is 1.